The number of aryl methyl sites for hydroxylation is 2. The molecule has 2 aromatic heterocycles. The van der Waals surface area contributed by atoms with Crippen molar-refractivity contribution in [2.75, 3.05) is 6.54 Å². The molecule has 4 heteroatoms. The molecule has 20 heavy (non-hydrogen) atoms. The maximum Gasteiger partial charge on any atom is 0.0946 e. The van der Waals surface area contributed by atoms with Gasteiger partial charge in [0.1, 0.15) is 0 Å². The highest BCUT2D eigenvalue weighted by atomic mass is 15.1. The first-order valence-electron chi connectivity index (χ1n) is 7.11. The maximum absolute atomic E-state index is 4.09. The standard InChI is InChI=1S/C16H20N4/c1-2-17-11-14-12-20(10-9-19-8-7-18-13-19)16-6-4-3-5-15(14)16/h3-8,12-13,17H,2,9-11H2,1H3. The van der Waals surface area contributed by atoms with Gasteiger partial charge in [0.25, 0.3) is 0 Å². The summed E-state index contributed by atoms with van der Waals surface area (Å²) in [4.78, 5) is 4.09. The molecule has 0 saturated heterocycles. The molecule has 1 aromatic carbocycles. The Morgan fingerprint density at radius 1 is 1.20 bits per heavy atom. The number of aromatic nitrogens is 3. The van der Waals surface area contributed by atoms with Gasteiger partial charge in [0.05, 0.1) is 6.33 Å². The van der Waals surface area contributed by atoms with Crippen LogP contribution in [0.25, 0.3) is 10.9 Å². The van der Waals surface area contributed by atoms with E-state index in [9.17, 15) is 0 Å². The van der Waals surface area contributed by atoms with E-state index in [1.165, 1.54) is 16.5 Å². The summed E-state index contributed by atoms with van der Waals surface area (Å²) in [6.45, 7) is 5.96. The minimum Gasteiger partial charge on any atom is -0.345 e. The van der Waals surface area contributed by atoms with E-state index in [0.717, 1.165) is 26.2 Å². The van der Waals surface area contributed by atoms with Gasteiger partial charge < -0.3 is 14.5 Å². The molecule has 0 amide bonds. The minimum absolute atomic E-state index is 0.926. The Kier molecular flexibility index (Phi) is 3.83. The average Bonchev–Trinajstić information content (AvgIpc) is 3.11. The number of hydrogen-bond donors (Lipinski definition) is 1. The van der Waals surface area contributed by atoms with Crippen LogP contribution in [0.15, 0.2) is 49.2 Å². The van der Waals surface area contributed by atoms with E-state index in [-0.39, 0.29) is 0 Å². The Morgan fingerprint density at radius 3 is 2.90 bits per heavy atom. The molecule has 0 bridgehead atoms. The normalized spacial score (nSPS) is 11.2. The number of nitrogens with one attached hydrogen (secondary N) is 1. The second-order valence-electron chi connectivity index (χ2n) is 4.95. The fourth-order valence-corrected chi connectivity index (χ4v) is 2.55. The molecule has 1 N–H and O–H groups in total. The number of benzene rings is 1. The third-order valence-corrected chi connectivity index (χ3v) is 3.59. The average molecular weight is 268 g/mol. The van der Waals surface area contributed by atoms with Gasteiger partial charge in [-0.2, -0.15) is 0 Å². The monoisotopic (exact) mass is 268 g/mol. The molecule has 104 valence electrons. The largest absolute Gasteiger partial charge is 0.345 e. The third-order valence-electron chi connectivity index (χ3n) is 3.59. The molecule has 2 heterocycles. The first kappa shape index (κ1) is 12.9. The molecule has 3 aromatic rings. The second-order valence-corrected chi connectivity index (χ2v) is 4.95. The first-order valence-corrected chi connectivity index (χ1v) is 7.11. The quantitative estimate of drug-likeness (QED) is 0.746. The molecule has 3 rings (SSSR count). The van der Waals surface area contributed by atoms with Gasteiger partial charge >= 0.3 is 0 Å². The van der Waals surface area contributed by atoms with Gasteiger partial charge in [-0.3, -0.25) is 0 Å². The van der Waals surface area contributed by atoms with Gasteiger partial charge in [-0.15, -0.1) is 0 Å². The zero-order valence-electron chi connectivity index (χ0n) is 11.8. The molecule has 0 radical (unpaired) electrons. The molecule has 0 atom stereocenters. The summed E-state index contributed by atoms with van der Waals surface area (Å²) in [5.41, 5.74) is 2.67. The van der Waals surface area contributed by atoms with Crippen LogP contribution in [0.3, 0.4) is 0 Å². The molecular weight excluding hydrogens is 248 g/mol. The zero-order valence-corrected chi connectivity index (χ0v) is 11.8. The number of hydrogen-bond acceptors (Lipinski definition) is 2. The van der Waals surface area contributed by atoms with Crippen molar-refractivity contribution in [3.8, 4) is 0 Å². The number of para-hydroxylation sites is 1. The Bertz CT molecular complexity index is 667. The summed E-state index contributed by atoms with van der Waals surface area (Å²) in [7, 11) is 0. The fourth-order valence-electron chi connectivity index (χ4n) is 2.55. The number of fused-ring (bicyclic) bond motifs is 1. The third kappa shape index (κ3) is 2.60. The number of nitrogens with zero attached hydrogens (tertiary/aromatic N) is 3. The van der Waals surface area contributed by atoms with Crippen LogP contribution < -0.4 is 5.32 Å². The summed E-state index contributed by atoms with van der Waals surface area (Å²) in [5, 5.41) is 4.76. The molecule has 0 fully saturated rings. The Morgan fingerprint density at radius 2 is 2.10 bits per heavy atom. The highest BCUT2D eigenvalue weighted by molar-refractivity contribution is 5.83. The van der Waals surface area contributed by atoms with Crippen molar-refractivity contribution in [3.05, 3.63) is 54.7 Å². The van der Waals surface area contributed by atoms with E-state index in [2.05, 4.69) is 56.8 Å². The van der Waals surface area contributed by atoms with Crippen LogP contribution in [0.4, 0.5) is 0 Å². The van der Waals surface area contributed by atoms with Gasteiger partial charge in [-0.1, -0.05) is 25.1 Å². The smallest absolute Gasteiger partial charge is 0.0946 e. The summed E-state index contributed by atoms with van der Waals surface area (Å²) in [5.74, 6) is 0. The van der Waals surface area contributed by atoms with E-state index in [4.69, 9.17) is 0 Å². The second kappa shape index (κ2) is 5.92. The van der Waals surface area contributed by atoms with Gasteiger partial charge in [-0.25, -0.2) is 4.98 Å². The van der Waals surface area contributed by atoms with Crippen LogP contribution in [0.2, 0.25) is 0 Å². The fraction of sp³-hybridized carbons (Fsp3) is 0.312. The van der Waals surface area contributed by atoms with E-state index >= 15 is 0 Å². The topological polar surface area (TPSA) is 34.8 Å². The van der Waals surface area contributed by atoms with Crippen LogP contribution in [0, 0.1) is 0 Å². The predicted molar refractivity (Wildman–Crippen MR) is 81.5 cm³/mol. The van der Waals surface area contributed by atoms with Gasteiger partial charge in [0.2, 0.25) is 0 Å². The Hall–Kier alpha value is -2.07. The van der Waals surface area contributed by atoms with Gasteiger partial charge in [-0.05, 0) is 18.2 Å². The Labute approximate surface area is 119 Å². The lowest BCUT2D eigenvalue weighted by Gasteiger charge is -2.05. The van der Waals surface area contributed by atoms with Crippen LogP contribution >= 0.6 is 0 Å². The molecule has 0 spiro atoms. The van der Waals surface area contributed by atoms with Crippen molar-refractivity contribution in [1.29, 1.82) is 0 Å². The molecule has 0 aliphatic carbocycles. The van der Waals surface area contributed by atoms with Crippen LogP contribution in [-0.2, 0) is 19.6 Å². The number of rotatable bonds is 6. The van der Waals surface area contributed by atoms with Crippen molar-refractivity contribution in [1.82, 2.24) is 19.4 Å². The SMILES string of the molecule is CCNCc1cn(CCn2ccnc2)c2ccccc12. The molecule has 0 unspecified atom stereocenters. The predicted octanol–water partition coefficient (Wildman–Crippen LogP) is 2.65. The van der Waals surface area contributed by atoms with Crippen molar-refractivity contribution in [3.63, 3.8) is 0 Å². The molecule has 0 aliphatic rings. The minimum atomic E-state index is 0.926. The zero-order chi connectivity index (χ0) is 13.8. The van der Waals surface area contributed by atoms with Crippen LogP contribution in [0.1, 0.15) is 12.5 Å². The van der Waals surface area contributed by atoms with Crippen molar-refractivity contribution in [2.24, 2.45) is 0 Å². The van der Waals surface area contributed by atoms with Crippen LogP contribution in [0.5, 0.6) is 0 Å². The van der Waals surface area contributed by atoms with E-state index in [0.29, 0.717) is 0 Å². The molecule has 0 aliphatic heterocycles. The van der Waals surface area contributed by atoms with E-state index in [1.54, 1.807) is 0 Å². The van der Waals surface area contributed by atoms with E-state index in [1.807, 2.05) is 18.7 Å². The molecule has 4 nitrogen and oxygen atoms in total. The summed E-state index contributed by atoms with van der Waals surface area (Å²) in [6, 6.07) is 8.61. The molecule has 0 saturated carbocycles. The highest BCUT2D eigenvalue weighted by Gasteiger charge is 2.07. The lowest BCUT2D eigenvalue weighted by atomic mass is 10.2. The van der Waals surface area contributed by atoms with Crippen molar-refractivity contribution in [2.45, 2.75) is 26.6 Å². The van der Waals surface area contributed by atoms with Crippen molar-refractivity contribution < 1.29 is 0 Å². The van der Waals surface area contributed by atoms with Crippen LogP contribution in [-0.4, -0.2) is 20.7 Å². The summed E-state index contributed by atoms with van der Waals surface area (Å²) < 4.78 is 4.45. The maximum atomic E-state index is 4.09. The van der Waals surface area contributed by atoms with E-state index < -0.39 is 0 Å². The lowest BCUT2D eigenvalue weighted by molar-refractivity contribution is 0.589. The van der Waals surface area contributed by atoms with Crippen molar-refractivity contribution >= 4 is 10.9 Å². The first-order chi connectivity index (χ1) is 9.88. The van der Waals surface area contributed by atoms with Gasteiger partial charge in [0.15, 0.2) is 0 Å². The highest BCUT2D eigenvalue weighted by Crippen LogP contribution is 2.21. The summed E-state index contributed by atoms with van der Waals surface area (Å²) in [6.07, 6.45) is 7.96. The number of imidazole rings is 1. The lowest BCUT2D eigenvalue weighted by Crippen LogP contribution is -2.11. The summed E-state index contributed by atoms with van der Waals surface area (Å²) >= 11 is 0. The Balaban J connectivity index is 1.86. The van der Waals surface area contributed by atoms with Gasteiger partial charge in [0, 0.05) is 49.1 Å². The molecular formula is C16H20N4.